The van der Waals surface area contributed by atoms with Crippen molar-refractivity contribution < 1.29 is 13.9 Å². The number of nitrogens with one attached hydrogen (secondary N) is 1. The molecule has 0 spiro atoms. The summed E-state index contributed by atoms with van der Waals surface area (Å²) in [6.45, 7) is 1.99. The molecule has 1 N–H and O–H groups in total. The number of methoxy groups -OCH3 is 1. The smallest absolute Gasteiger partial charge is 0.287 e. The molecule has 0 saturated heterocycles. The van der Waals surface area contributed by atoms with Crippen LogP contribution < -0.4 is 10.1 Å². The van der Waals surface area contributed by atoms with Gasteiger partial charge in [0.2, 0.25) is 0 Å². The first-order chi connectivity index (χ1) is 10.7. The molecular weight excluding hydrogens is 298 g/mol. The lowest BCUT2D eigenvalue weighted by molar-refractivity contribution is 0.0914. The fourth-order valence-corrected chi connectivity index (χ4v) is 3.22. The molecule has 22 heavy (non-hydrogen) atoms. The first-order valence-corrected chi connectivity index (χ1v) is 7.95. The quantitative estimate of drug-likeness (QED) is 0.777. The number of para-hydroxylation sites is 1. The van der Waals surface area contributed by atoms with E-state index in [1.54, 1.807) is 24.5 Å². The summed E-state index contributed by atoms with van der Waals surface area (Å²) in [6.07, 6.45) is 0.812. The molecule has 4 nitrogen and oxygen atoms in total. The number of fused-ring (bicyclic) bond motifs is 1. The Morgan fingerprint density at radius 3 is 2.95 bits per heavy atom. The highest BCUT2D eigenvalue weighted by molar-refractivity contribution is 7.09. The highest BCUT2D eigenvalue weighted by atomic mass is 32.1. The lowest BCUT2D eigenvalue weighted by atomic mass is 10.2. The van der Waals surface area contributed by atoms with Crippen molar-refractivity contribution in [3.63, 3.8) is 0 Å². The fraction of sp³-hybridized carbons (Fsp3) is 0.235. The number of carbonyl (C=O) groups excluding carboxylic acids is 1. The second kappa shape index (κ2) is 6.23. The van der Waals surface area contributed by atoms with Gasteiger partial charge in [-0.1, -0.05) is 18.2 Å². The van der Waals surface area contributed by atoms with Gasteiger partial charge in [-0.25, -0.2) is 0 Å². The molecule has 5 heteroatoms. The number of carbonyl (C=O) groups is 1. The van der Waals surface area contributed by atoms with Crippen LogP contribution in [0.25, 0.3) is 11.0 Å². The molecule has 1 aromatic carbocycles. The zero-order chi connectivity index (χ0) is 15.5. The van der Waals surface area contributed by atoms with Crippen LogP contribution in [-0.4, -0.2) is 19.1 Å². The van der Waals surface area contributed by atoms with Gasteiger partial charge in [0.05, 0.1) is 7.11 Å². The van der Waals surface area contributed by atoms with E-state index in [2.05, 4.69) is 11.4 Å². The number of hydrogen-bond acceptors (Lipinski definition) is 4. The summed E-state index contributed by atoms with van der Waals surface area (Å²) >= 11 is 1.69. The minimum Gasteiger partial charge on any atom is -0.493 e. The Morgan fingerprint density at radius 2 is 2.23 bits per heavy atom. The molecule has 2 heterocycles. The molecule has 0 aliphatic rings. The van der Waals surface area contributed by atoms with Crippen molar-refractivity contribution in [2.24, 2.45) is 0 Å². The van der Waals surface area contributed by atoms with Crippen molar-refractivity contribution >= 4 is 28.2 Å². The average Bonchev–Trinajstić information content (AvgIpc) is 3.15. The molecule has 0 radical (unpaired) electrons. The Morgan fingerprint density at radius 1 is 1.36 bits per heavy atom. The normalized spacial score (nSPS) is 12.3. The van der Waals surface area contributed by atoms with Gasteiger partial charge in [0, 0.05) is 22.7 Å². The zero-order valence-electron chi connectivity index (χ0n) is 12.5. The number of ether oxygens (including phenoxy) is 1. The van der Waals surface area contributed by atoms with Gasteiger partial charge >= 0.3 is 0 Å². The summed E-state index contributed by atoms with van der Waals surface area (Å²) in [4.78, 5) is 13.6. The molecule has 0 saturated carbocycles. The highest BCUT2D eigenvalue weighted by Crippen LogP contribution is 2.28. The Kier molecular flexibility index (Phi) is 4.15. The van der Waals surface area contributed by atoms with Crippen molar-refractivity contribution in [1.82, 2.24) is 5.32 Å². The Balaban J connectivity index is 1.74. The lowest BCUT2D eigenvalue weighted by Crippen LogP contribution is -2.33. The number of benzene rings is 1. The third-order valence-electron chi connectivity index (χ3n) is 3.42. The number of rotatable bonds is 5. The van der Waals surface area contributed by atoms with E-state index in [9.17, 15) is 4.79 Å². The van der Waals surface area contributed by atoms with E-state index in [1.165, 1.54) is 4.88 Å². The first-order valence-electron chi connectivity index (χ1n) is 7.07. The van der Waals surface area contributed by atoms with Crippen LogP contribution in [0, 0.1) is 0 Å². The molecular formula is C17H17NO3S. The number of thiophene rings is 1. The SMILES string of the molecule is COc1cccc2cc(C(=O)N[C@@H](C)Cc3cccs3)oc12. The van der Waals surface area contributed by atoms with Crippen LogP contribution >= 0.6 is 11.3 Å². The standard InChI is InChI=1S/C17H17NO3S/c1-11(9-13-6-4-8-22-13)18-17(19)15-10-12-5-3-7-14(20-2)16(12)21-15/h3-8,10-11H,9H2,1-2H3,(H,18,19)/t11-/m0/s1. The molecule has 0 fully saturated rings. The van der Waals surface area contributed by atoms with Crippen molar-refractivity contribution in [3.05, 3.63) is 52.4 Å². The van der Waals surface area contributed by atoms with Gasteiger partial charge in [-0.3, -0.25) is 4.79 Å². The summed E-state index contributed by atoms with van der Waals surface area (Å²) < 4.78 is 10.9. The molecule has 1 amide bonds. The second-order valence-electron chi connectivity index (χ2n) is 5.15. The summed E-state index contributed by atoms with van der Waals surface area (Å²) in [5, 5.41) is 5.86. The van der Waals surface area contributed by atoms with Crippen molar-refractivity contribution in [2.75, 3.05) is 7.11 Å². The van der Waals surface area contributed by atoms with Crippen molar-refractivity contribution in [1.29, 1.82) is 0 Å². The van der Waals surface area contributed by atoms with Crippen molar-refractivity contribution in [2.45, 2.75) is 19.4 Å². The van der Waals surface area contributed by atoms with E-state index in [0.29, 0.717) is 17.1 Å². The molecule has 0 aliphatic heterocycles. The Bertz CT molecular complexity index is 776. The van der Waals surface area contributed by atoms with Crippen LogP contribution in [0.2, 0.25) is 0 Å². The first kappa shape index (κ1) is 14.7. The van der Waals surface area contributed by atoms with Gasteiger partial charge in [-0.05, 0) is 30.5 Å². The number of amides is 1. The summed E-state index contributed by atoms with van der Waals surface area (Å²) in [6, 6.07) is 11.4. The van der Waals surface area contributed by atoms with E-state index >= 15 is 0 Å². The maximum atomic E-state index is 12.3. The van der Waals surface area contributed by atoms with Gasteiger partial charge in [0.25, 0.3) is 5.91 Å². The van der Waals surface area contributed by atoms with E-state index < -0.39 is 0 Å². The summed E-state index contributed by atoms with van der Waals surface area (Å²) in [5.41, 5.74) is 0.598. The predicted octanol–water partition coefficient (Wildman–Crippen LogP) is 3.86. The topological polar surface area (TPSA) is 51.5 Å². The third-order valence-corrected chi connectivity index (χ3v) is 4.32. The lowest BCUT2D eigenvalue weighted by Gasteiger charge is -2.11. The molecule has 1 atom stereocenters. The van der Waals surface area contributed by atoms with E-state index in [4.69, 9.17) is 9.15 Å². The van der Waals surface area contributed by atoms with Crippen molar-refractivity contribution in [3.8, 4) is 5.75 Å². The van der Waals surface area contributed by atoms with Gasteiger partial charge < -0.3 is 14.5 Å². The monoisotopic (exact) mass is 315 g/mol. The average molecular weight is 315 g/mol. The summed E-state index contributed by atoms with van der Waals surface area (Å²) in [5.74, 6) is 0.725. The molecule has 3 rings (SSSR count). The summed E-state index contributed by atoms with van der Waals surface area (Å²) in [7, 11) is 1.58. The van der Waals surface area contributed by atoms with E-state index in [1.807, 2.05) is 36.6 Å². The van der Waals surface area contributed by atoms with Gasteiger partial charge in [-0.15, -0.1) is 11.3 Å². The van der Waals surface area contributed by atoms with Gasteiger partial charge in [0.1, 0.15) is 0 Å². The highest BCUT2D eigenvalue weighted by Gasteiger charge is 2.16. The maximum absolute atomic E-state index is 12.3. The molecule has 0 aliphatic carbocycles. The van der Waals surface area contributed by atoms with Crippen LogP contribution in [0.5, 0.6) is 5.75 Å². The van der Waals surface area contributed by atoms with Crippen LogP contribution in [0.4, 0.5) is 0 Å². The fourth-order valence-electron chi connectivity index (χ4n) is 2.39. The Labute approximate surface area is 132 Å². The maximum Gasteiger partial charge on any atom is 0.287 e. The third kappa shape index (κ3) is 2.99. The zero-order valence-corrected chi connectivity index (χ0v) is 13.3. The van der Waals surface area contributed by atoms with E-state index in [0.717, 1.165) is 11.8 Å². The molecule has 114 valence electrons. The Hall–Kier alpha value is -2.27. The molecule has 0 bridgehead atoms. The second-order valence-corrected chi connectivity index (χ2v) is 6.18. The largest absolute Gasteiger partial charge is 0.493 e. The van der Waals surface area contributed by atoms with Crippen LogP contribution in [0.1, 0.15) is 22.4 Å². The molecule has 2 aromatic heterocycles. The van der Waals surface area contributed by atoms with Crippen LogP contribution in [0.3, 0.4) is 0 Å². The van der Waals surface area contributed by atoms with Crippen LogP contribution in [-0.2, 0) is 6.42 Å². The minimum absolute atomic E-state index is 0.0428. The molecule has 0 unspecified atom stereocenters. The molecule has 3 aromatic rings. The minimum atomic E-state index is -0.206. The van der Waals surface area contributed by atoms with E-state index in [-0.39, 0.29) is 11.9 Å². The predicted molar refractivity (Wildman–Crippen MR) is 87.7 cm³/mol. The van der Waals surface area contributed by atoms with Gasteiger partial charge in [0.15, 0.2) is 17.1 Å². The van der Waals surface area contributed by atoms with Crippen LogP contribution in [0.15, 0.2) is 46.2 Å². The number of furan rings is 1. The van der Waals surface area contributed by atoms with Gasteiger partial charge in [-0.2, -0.15) is 0 Å². The number of hydrogen-bond donors (Lipinski definition) is 1.